The SMILES string of the molecule is O=C(Nc1ccc(F)cc1)N1CCN(Cc2cccc(O)c2)CC1. The Morgan fingerprint density at radius 1 is 1.08 bits per heavy atom. The van der Waals surface area contributed by atoms with Crippen molar-refractivity contribution in [2.75, 3.05) is 31.5 Å². The first kappa shape index (κ1) is 16.3. The Hall–Kier alpha value is -2.60. The Morgan fingerprint density at radius 2 is 1.79 bits per heavy atom. The molecular weight excluding hydrogens is 309 g/mol. The largest absolute Gasteiger partial charge is 0.508 e. The molecule has 126 valence electrons. The second kappa shape index (κ2) is 7.31. The quantitative estimate of drug-likeness (QED) is 0.910. The fourth-order valence-electron chi connectivity index (χ4n) is 2.76. The van der Waals surface area contributed by atoms with Crippen molar-refractivity contribution in [3.8, 4) is 5.75 Å². The molecule has 0 radical (unpaired) electrons. The number of aromatic hydroxyl groups is 1. The normalized spacial score (nSPS) is 15.3. The summed E-state index contributed by atoms with van der Waals surface area (Å²) in [7, 11) is 0. The van der Waals surface area contributed by atoms with Crippen LogP contribution in [-0.2, 0) is 6.54 Å². The summed E-state index contributed by atoms with van der Waals surface area (Å²) in [6.07, 6.45) is 0. The van der Waals surface area contributed by atoms with Crippen LogP contribution in [0.1, 0.15) is 5.56 Å². The molecule has 2 aromatic rings. The lowest BCUT2D eigenvalue weighted by atomic mass is 10.2. The molecule has 0 atom stereocenters. The van der Waals surface area contributed by atoms with E-state index in [2.05, 4.69) is 10.2 Å². The monoisotopic (exact) mass is 329 g/mol. The van der Waals surface area contributed by atoms with Gasteiger partial charge in [-0.15, -0.1) is 0 Å². The van der Waals surface area contributed by atoms with Gasteiger partial charge in [-0.25, -0.2) is 9.18 Å². The van der Waals surface area contributed by atoms with Crippen molar-refractivity contribution in [3.05, 3.63) is 59.9 Å². The van der Waals surface area contributed by atoms with Gasteiger partial charge in [0.05, 0.1) is 0 Å². The van der Waals surface area contributed by atoms with E-state index in [0.717, 1.165) is 25.2 Å². The maximum Gasteiger partial charge on any atom is 0.321 e. The number of hydrogen-bond acceptors (Lipinski definition) is 3. The Morgan fingerprint density at radius 3 is 2.46 bits per heavy atom. The minimum atomic E-state index is -0.325. The number of benzene rings is 2. The third-order valence-electron chi connectivity index (χ3n) is 4.07. The number of carbonyl (C=O) groups is 1. The van der Waals surface area contributed by atoms with Gasteiger partial charge >= 0.3 is 6.03 Å². The molecule has 0 aliphatic carbocycles. The van der Waals surface area contributed by atoms with E-state index < -0.39 is 0 Å². The molecule has 1 heterocycles. The maximum atomic E-state index is 12.9. The van der Waals surface area contributed by atoms with Gasteiger partial charge in [0, 0.05) is 38.4 Å². The summed E-state index contributed by atoms with van der Waals surface area (Å²) in [6, 6.07) is 12.8. The predicted octanol–water partition coefficient (Wildman–Crippen LogP) is 2.88. The average Bonchev–Trinajstić information content (AvgIpc) is 2.57. The third kappa shape index (κ3) is 4.23. The summed E-state index contributed by atoms with van der Waals surface area (Å²) in [5, 5.41) is 12.3. The minimum Gasteiger partial charge on any atom is -0.508 e. The Bertz CT molecular complexity index is 698. The number of rotatable bonds is 3. The van der Waals surface area contributed by atoms with E-state index >= 15 is 0 Å². The number of hydrogen-bond donors (Lipinski definition) is 2. The molecule has 5 nitrogen and oxygen atoms in total. The minimum absolute atomic E-state index is 0.168. The molecular formula is C18H20FN3O2. The molecule has 2 aromatic carbocycles. The molecule has 24 heavy (non-hydrogen) atoms. The van der Waals surface area contributed by atoms with Crippen molar-refractivity contribution < 1.29 is 14.3 Å². The molecule has 0 aromatic heterocycles. The number of urea groups is 1. The number of nitrogens with one attached hydrogen (secondary N) is 1. The smallest absolute Gasteiger partial charge is 0.321 e. The molecule has 0 spiro atoms. The number of nitrogens with zero attached hydrogens (tertiary/aromatic N) is 2. The van der Waals surface area contributed by atoms with Crippen LogP contribution in [0.5, 0.6) is 5.75 Å². The molecule has 1 saturated heterocycles. The zero-order valence-electron chi connectivity index (χ0n) is 13.3. The Kier molecular flexibility index (Phi) is 4.96. The Balaban J connectivity index is 1.49. The van der Waals surface area contributed by atoms with E-state index in [0.29, 0.717) is 18.8 Å². The zero-order chi connectivity index (χ0) is 16.9. The van der Waals surface area contributed by atoms with E-state index in [-0.39, 0.29) is 17.6 Å². The van der Waals surface area contributed by atoms with Crippen LogP contribution in [0.4, 0.5) is 14.9 Å². The van der Waals surface area contributed by atoms with Crippen molar-refractivity contribution >= 4 is 11.7 Å². The highest BCUT2D eigenvalue weighted by Gasteiger charge is 2.21. The van der Waals surface area contributed by atoms with Crippen LogP contribution in [0.15, 0.2) is 48.5 Å². The van der Waals surface area contributed by atoms with Crippen LogP contribution >= 0.6 is 0 Å². The third-order valence-corrected chi connectivity index (χ3v) is 4.07. The predicted molar refractivity (Wildman–Crippen MR) is 90.4 cm³/mol. The molecule has 0 bridgehead atoms. The van der Waals surface area contributed by atoms with Crippen molar-refractivity contribution in [1.29, 1.82) is 0 Å². The van der Waals surface area contributed by atoms with Gasteiger partial charge in [-0.3, -0.25) is 4.90 Å². The van der Waals surface area contributed by atoms with Gasteiger partial charge < -0.3 is 15.3 Å². The molecule has 0 unspecified atom stereocenters. The number of piperazine rings is 1. The highest BCUT2D eigenvalue weighted by atomic mass is 19.1. The number of phenolic OH excluding ortho intramolecular Hbond substituents is 1. The molecule has 2 amide bonds. The molecule has 1 fully saturated rings. The summed E-state index contributed by atoms with van der Waals surface area (Å²) >= 11 is 0. The lowest BCUT2D eigenvalue weighted by Gasteiger charge is -2.34. The highest BCUT2D eigenvalue weighted by molar-refractivity contribution is 5.89. The fraction of sp³-hybridized carbons (Fsp3) is 0.278. The number of phenols is 1. The summed E-state index contributed by atoms with van der Waals surface area (Å²) in [4.78, 5) is 16.2. The van der Waals surface area contributed by atoms with Gasteiger partial charge in [-0.05, 0) is 42.0 Å². The number of carbonyl (C=O) groups excluding carboxylic acids is 1. The molecule has 3 rings (SSSR count). The fourth-order valence-corrected chi connectivity index (χ4v) is 2.76. The summed E-state index contributed by atoms with van der Waals surface area (Å²) < 4.78 is 12.9. The summed E-state index contributed by atoms with van der Waals surface area (Å²) in [6.45, 7) is 3.55. The van der Waals surface area contributed by atoms with Gasteiger partial charge in [0.1, 0.15) is 11.6 Å². The van der Waals surface area contributed by atoms with Crippen LogP contribution in [-0.4, -0.2) is 47.1 Å². The zero-order valence-corrected chi connectivity index (χ0v) is 13.3. The van der Waals surface area contributed by atoms with Gasteiger partial charge in [0.2, 0.25) is 0 Å². The topological polar surface area (TPSA) is 55.8 Å². The lowest BCUT2D eigenvalue weighted by molar-refractivity contribution is 0.143. The van der Waals surface area contributed by atoms with Crippen LogP contribution in [0.2, 0.25) is 0 Å². The van der Waals surface area contributed by atoms with E-state index in [1.165, 1.54) is 12.1 Å². The van der Waals surface area contributed by atoms with E-state index in [9.17, 15) is 14.3 Å². The summed E-state index contributed by atoms with van der Waals surface area (Å²) in [5.41, 5.74) is 1.64. The standard InChI is InChI=1S/C18H20FN3O2/c19-15-4-6-16(7-5-15)20-18(24)22-10-8-21(9-11-22)13-14-2-1-3-17(23)12-14/h1-7,12,23H,8-11,13H2,(H,20,24). The maximum absolute atomic E-state index is 12.9. The van der Waals surface area contributed by atoms with Crippen LogP contribution in [0.25, 0.3) is 0 Å². The molecule has 1 aliphatic heterocycles. The number of halogens is 1. The number of anilines is 1. The molecule has 0 saturated carbocycles. The van der Waals surface area contributed by atoms with Gasteiger partial charge in [0.25, 0.3) is 0 Å². The van der Waals surface area contributed by atoms with Crippen molar-refractivity contribution in [3.63, 3.8) is 0 Å². The van der Waals surface area contributed by atoms with Gasteiger partial charge in [-0.2, -0.15) is 0 Å². The first-order chi connectivity index (χ1) is 11.6. The van der Waals surface area contributed by atoms with Crippen LogP contribution < -0.4 is 5.32 Å². The summed E-state index contributed by atoms with van der Waals surface area (Å²) in [5.74, 6) is -0.0571. The van der Waals surface area contributed by atoms with Crippen molar-refractivity contribution in [1.82, 2.24) is 9.80 Å². The first-order valence-corrected chi connectivity index (χ1v) is 7.92. The second-order valence-corrected chi connectivity index (χ2v) is 5.87. The van der Waals surface area contributed by atoms with Crippen LogP contribution in [0, 0.1) is 5.82 Å². The van der Waals surface area contributed by atoms with E-state index in [1.807, 2.05) is 12.1 Å². The van der Waals surface area contributed by atoms with Crippen LogP contribution in [0.3, 0.4) is 0 Å². The average molecular weight is 329 g/mol. The van der Waals surface area contributed by atoms with E-state index in [1.54, 1.807) is 29.2 Å². The molecule has 2 N–H and O–H groups in total. The Labute approximate surface area is 140 Å². The second-order valence-electron chi connectivity index (χ2n) is 5.87. The number of amides is 2. The molecule has 6 heteroatoms. The van der Waals surface area contributed by atoms with Crippen molar-refractivity contribution in [2.24, 2.45) is 0 Å². The van der Waals surface area contributed by atoms with Gasteiger partial charge in [0.15, 0.2) is 0 Å². The first-order valence-electron chi connectivity index (χ1n) is 7.92. The highest BCUT2D eigenvalue weighted by Crippen LogP contribution is 2.15. The van der Waals surface area contributed by atoms with Gasteiger partial charge in [-0.1, -0.05) is 12.1 Å². The van der Waals surface area contributed by atoms with E-state index in [4.69, 9.17) is 0 Å². The van der Waals surface area contributed by atoms with Crippen molar-refractivity contribution in [2.45, 2.75) is 6.54 Å². The lowest BCUT2D eigenvalue weighted by Crippen LogP contribution is -2.49. The molecule has 1 aliphatic rings.